The Morgan fingerprint density at radius 2 is 1.06 bits per heavy atom. The summed E-state index contributed by atoms with van der Waals surface area (Å²) >= 11 is 0. The molecule has 178 valence electrons. The molecule has 0 saturated heterocycles. The van der Waals surface area contributed by atoms with Gasteiger partial charge in [0.25, 0.3) is 0 Å². The third kappa shape index (κ3) is 5.46. The fourth-order valence-corrected chi connectivity index (χ4v) is 4.67. The van der Waals surface area contributed by atoms with Crippen molar-refractivity contribution in [2.75, 3.05) is 7.11 Å². The van der Waals surface area contributed by atoms with Crippen LogP contribution in [0.4, 0.5) is 0 Å². The molecule has 4 aromatic carbocycles. The van der Waals surface area contributed by atoms with Gasteiger partial charge in [-0.1, -0.05) is 54.1 Å². The Hall–Kier alpha value is -3.85. The van der Waals surface area contributed by atoms with Crippen LogP contribution in [0.3, 0.4) is 0 Å². The summed E-state index contributed by atoms with van der Waals surface area (Å²) in [4.78, 5) is 12.8. The predicted molar refractivity (Wildman–Crippen MR) is 142 cm³/mol. The molecule has 0 bridgehead atoms. The van der Waals surface area contributed by atoms with Crippen molar-refractivity contribution >= 4 is 5.78 Å². The average Bonchev–Trinajstić information content (AvgIpc) is 2.82. The van der Waals surface area contributed by atoms with Gasteiger partial charge in [0.05, 0.1) is 7.11 Å². The van der Waals surface area contributed by atoms with E-state index in [1.54, 1.807) is 7.11 Å². The number of hydrogen-bond donors (Lipinski definition) is 0. The SMILES string of the molecule is COc1c(C)cc(Cc2cc(C)c(Oc3ccc(C(=O)c4ccc(C)cc4)cc3)c(C)c2)cc1C. The Bertz CT molecular complexity index is 1320. The highest BCUT2D eigenvalue weighted by Crippen LogP contribution is 2.32. The van der Waals surface area contributed by atoms with Crippen LogP contribution in [0, 0.1) is 34.6 Å². The van der Waals surface area contributed by atoms with E-state index in [2.05, 4.69) is 52.0 Å². The average molecular weight is 465 g/mol. The molecule has 0 heterocycles. The Morgan fingerprint density at radius 3 is 1.51 bits per heavy atom. The van der Waals surface area contributed by atoms with Crippen molar-refractivity contribution in [3.05, 3.63) is 123 Å². The summed E-state index contributed by atoms with van der Waals surface area (Å²) < 4.78 is 11.7. The number of aryl methyl sites for hydroxylation is 5. The van der Waals surface area contributed by atoms with Gasteiger partial charge in [-0.25, -0.2) is 0 Å². The molecule has 0 aliphatic rings. The second-order valence-corrected chi connectivity index (χ2v) is 9.32. The standard InChI is InChI=1S/C32H32O3/c1-20-7-9-27(10-8-20)30(33)28-11-13-29(14-12-28)35-32-23(4)17-26(18-24(32)5)19-25-15-21(2)31(34-6)22(3)16-25/h7-18H,19H2,1-6H3. The largest absolute Gasteiger partial charge is 0.496 e. The van der Waals surface area contributed by atoms with E-state index in [9.17, 15) is 4.79 Å². The van der Waals surface area contributed by atoms with Crippen LogP contribution in [-0.2, 0) is 6.42 Å². The van der Waals surface area contributed by atoms with Crippen LogP contribution < -0.4 is 9.47 Å². The second-order valence-electron chi connectivity index (χ2n) is 9.32. The molecule has 0 aromatic heterocycles. The minimum atomic E-state index is 0.0114. The van der Waals surface area contributed by atoms with Crippen LogP contribution in [0.2, 0.25) is 0 Å². The highest BCUT2D eigenvalue weighted by atomic mass is 16.5. The summed E-state index contributed by atoms with van der Waals surface area (Å²) in [5.74, 6) is 2.54. The molecule has 0 aliphatic carbocycles. The van der Waals surface area contributed by atoms with Crippen molar-refractivity contribution in [1.29, 1.82) is 0 Å². The first kappa shape index (κ1) is 24.3. The fourth-order valence-electron chi connectivity index (χ4n) is 4.67. The van der Waals surface area contributed by atoms with Gasteiger partial charge in [-0.05, 0) is 98.7 Å². The molecular formula is C32H32O3. The Balaban J connectivity index is 1.50. The number of ether oxygens (including phenoxy) is 2. The van der Waals surface area contributed by atoms with Crippen molar-refractivity contribution in [3.8, 4) is 17.2 Å². The Labute approximate surface area is 208 Å². The van der Waals surface area contributed by atoms with Crippen LogP contribution in [0.15, 0.2) is 72.8 Å². The number of rotatable bonds is 7. The molecule has 0 aliphatic heterocycles. The lowest BCUT2D eigenvalue weighted by atomic mass is 9.97. The second kappa shape index (κ2) is 10.2. The van der Waals surface area contributed by atoms with Crippen molar-refractivity contribution in [1.82, 2.24) is 0 Å². The third-order valence-corrected chi connectivity index (χ3v) is 6.30. The zero-order valence-electron chi connectivity index (χ0n) is 21.4. The smallest absolute Gasteiger partial charge is 0.193 e. The van der Waals surface area contributed by atoms with Gasteiger partial charge in [-0.2, -0.15) is 0 Å². The van der Waals surface area contributed by atoms with Gasteiger partial charge in [0.15, 0.2) is 5.78 Å². The van der Waals surface area contributed by atoms with Crippen molar-refractivity contribution in [2.45, 2.75) is 41.0 Å². The molecule has 0 N–H and O–H groups in total. The summed E-state index contributed by atoms with van der Waals surface area (Å²) in [6.07, 6.45) is 0.851. The zero-order chi connectivity index (χ0) is 25.1. The molecule has 3 heteroatoms. The molecule has 0 spiro atoms. The Kier molecular flexibility index (Phi) is 7.07. The van der Waals surface area contributed by atoms with Gasteiger partial charge in [-0.15, -0.1) is 0 Å². The summed E-state index contributed by atoms with van der Waals surface area (Å²) in [7, 11) is 1.72. The number of carbonyl (C=O) groups is 1. The predicted octanol–water partition coefficient (Wildman–Crippen LogP) is 7.85. The van der Waals surface area contributed by atoms with Crippen LogP contribution >= 0.6 is 0 Å². The van der Waals surface area contributed by atoms with Crippen molar-refractivity contribution < 1.29 is 14.3 Å². The highest BCUT2D eigenvalue weighted by Gasteiger charge is 2.12. The molecule has 0 amide bonds. The monoisotopic (exact) mass is 464 g/mol. The van der Waals surface area contributed by atoms with Crippen LogP contribution in [0.25, 0.3) is 0 Å². The maximum atomic E-state index is 12.8. The van der Waals surface area contributed by atoms with Crippen molar-refractivity contribution in [3.63, 3.8) is 0 Å². The zero-order valence-corrected chi connectivity index (χ0v) is 21.4. The minimum Gasteiger partial charge on any atom is -0.496 e. The number of benzene rings is 4. The van der Waals surface area contributed by atoms with E-state index < -0.39 is 0 Å². The van der Waals surface area contributed by atoms with E-state index in [0.717, 1.165) is 45.7 Å². The van der Waals surface area contributed by atoms with Gasteiger partial charge in [-0.3, -0.25) is 4.79 Å². The third-order valence-electron chi connectivity index (χ3n) is 6.30. The molecule has 4 rings (SSSR count). The fraction of sp³-hybridized carbons (Fsp3) is 0.219. The number of carbonyl (C=O) groups excluding carboxylic acids is 1. The van der Waals surface area contributed by atoms with E-state index >= 15 is 0 Å². The lowest BCUT2D eigenvalue weighted by Crippen LogP contribution is -2.01. The van der Waals surface area contributed by atoms with E-state index in [0.29, 0.717) is 16.9 Å². The minimum absolute atomic E-state index is 0.0114. The van der Waals surface area contributed by atoms with E-state index in [1.807, 2.05) is 55.5 Å². The first-order valence-electron chi connectivity index (χ1n) is 11.9. The molecule has 0 unspecified atom stereocenters. The summed E-state index contributed by atoms with van der Waals surface area (Å²) in [6, 6.07) is 23.8. The molecule has 0 fully saturated rings. The van der Waals surface area contributed by atoms with E-state index in [-0.39, 0.29) is 5.78 Å². The molecule has 4 aromatic rings. The summed E-state index contributed by atoms with van der Waals surface area (Å²) in [6.45, 7) is 10.3. The van der Waals surface area contributed by atoms with Gasteiger partial charge < -0.3 is 9.47 Å². The molecule has 3 nitrogen and oxygen atoms in total. The molecule has 0 radical (unpaired) electrons. The van der Waals surface area contributed by atoms with Crippen LogP contribution in [-0.4, -0.2) is 12.9 Å². The first-order chi connectivity index (χ1) is 16.7. The highest BCUT2D eigenvalue weighted by molar-refractivity contribution is 6.09. The lowest BCUT2D eigenvalue weighted by Gasteiger charge is -2.15. The quantitative estimate of drug-likeness (QED) is 0.261. The maximum Gasteiger partial charge on any atom is 0.193 e. The molecule has 35 heavy (non-hydrogen) atoms. The van der Waals surface area contributed by atoms with Crippen molar-refractivity contribution in [2.24, 2.45) is 0 Å². The molecule has 0 atom stereocenters. The lowest BCUT2D eigenvalue weighted by molar-refractivity contribution is 0.103. The van der Waals surface area contributed by atoms with Gasteiger partial charge in [0.1, 0.15) is 17.2 Å². The molecule has 0 saturated carbocycles. The first-order valence-corrected chi connectivity index (χ1v) is 11.9. The maximum absolute atomic E-state index is 12.8. The number of ketones is 1. The van der Waals surface area contributed by atoms with Gasteiger partial charge in [0, 0.05) is 11.1 Å². The van der Waals surface area contributed by atoms with Crippen LogP contribution in [0.5, 0.6) is 17.2 Å². The number of hydrogen-bond acceptors (Lipinski definition) is 3. The van der Waals surface area contributed by atoms with Gasteiger partial charge in [0.2, 0.25) is 0 Å². The number of methoxy groups -OCH3 is 1. The Morgan fingerprint density at radius 1 is 0.629 bits per heavy atom. The van der Waals surface area contributed by atoms with E-state index in [4.69, 9.17) is 9.47 Å². The topological polar surface area (TPSA) is 35.5 Å². The van der Waals surface area contributed by atoms with Gasteiger partial charge >= 0.3 is 0 Å². The molecular weight excluding hydrogens is 432 g/mol. The summed E-state index contributed by atoms with van der Waals surface area (Å²) in [5, 5.41) is 0. The normalized spacial score (nSPS) is 10.8. The van der Waals surface area contributed by atoms with E-state index in [1.165, 1.54) is 11.1 Å². The van der Waals surface area contributed by atoms with Crippen LogP contribution in [0.1, 0.15) is 54.9 Å². The summed E-state index contributed by atoms with van der Waals surface area (Å²) in [5.41, 5.74) is 9.46.